The van der Waals surface area contributed by atoms with Crippen molar-refractivity contribution in [3.63, 3.8) is 0 Å². The zero-order chi connectivity index (χ0) is 37.6. The van der Waals surface area contributed by atoms with Crippen LogP contribution >= 0.6 is 0 Å². The van der Waals surface area contributed by atoms with E-state index in [0.717, 1.165) is 29.0 Å². The first-order valence-corrected chi connectivity index (χ1v) is 17.2. The fraction of sp³-hybridized carbons (Fsp3) is 0.282. The quantitative estimate of drug-likeness (QED) is 0.196. The number of carbonyl (C=O) groups excluding carboxylic acids is 1. The van der Waals surface area contributed by atoms with Crippen molar-refractivity contribution in [1.82, 2.24) is 33.7 Å². The first-order valence-electron chi connectivity index (χ1n) is 17.2. The highest BCUT2D eigenvalue weighted by atomic mass is 19.1. The molecule has 0 bridgehead atoms. The largest absolute Gasteiger partial charge is 0.465 e. The fourth-order valence-electron chi connectivity index (χ4n) is 7.00. The van der Waals surface area contributed by atoms with Crippen molar-refractivity contribution in [2.24, 2.45) is 0 Å². The average Bonchev–Trinajstić information content (AvgIpc) is 3.55. The number of rotatable bonds is 7. The Kier molecular flexibility index (Phi) is 9.14. The molecule has 1 saturated carbocycles. The molecule has 0 aliphatic heterocycles. The van der Waals surface area contributed by atoms with E-state index in [1.54, 1.807) is 18.2 Å². The normalized spacial score (nSPS) is 16.2. The van der Waals surface area contributed by atoms with E-state index in [9.17, 15) is 33.1 Å². The molecular weight excluding hydrogens is 684 g/mol. The molecule has 2 aromatic carbocycles. The summed E-state index contributed by atoms with van der Waals surface area (Å²) < 4.78 is 32.1. The van der Waals surface area contributed by atoms with Gasteiger partial charge in [0, 0.05) is 36.6 Å². The fourth-order valence-corrected chi connectivity index (χ4v) is 7.00. The molecule has 7 rings (SSSR count). The van der Waals surface area contributed by atoms with Crippen LogP contribution in [0.5, 0.6) is 0 Å². The lowest BCUT2D eigenvalue weighted by Crippen LogP contribution is -2.45. The van der Waals surface area contributed by atoms with Crippen LogP contribution in [0.1, 0.15) is 68.5 Å². The van der Waals surface area contributed by atoms with E-state index in [2.05, 4.69) is 15.3 Å². The lowest BCUT2D eigenvalue weighted by molar-refractivity contribution is 0.0915. The SMILES string of the molecule is CC(C)(C)N(Cc1cccc(-c2cccc(-n3c(=O)n([C@H]4CC[C@@H](NC(=O)c5cn6cc(F)ccc6n5)CC4)c(=O)c4cc(F)cnc43)c2)c1)C(=O)O. The summed E-state index contributed by atoms with van der Waals surface area (Å²) in [5.41, 5.74) is 1.39. The summed E-state index contributed by atoms with van der Waals surface area (Å²) in [6.45, 7) is 5.66. The van der Waals surface area contributed by atoms with E-state index < -0.39 is 46.5 Å². The Morgan fingerprint density at radius 1 is 0.925 bits per heavy atom. The van der Waals surface area contributed by atoms with Crippen molar-refractivity contribution in [3.05, 3.63) is 129 Å². The Morgan fingerprint density at radius 2 is 1.64 bits per heavy atom. The maximum absolute atomic E-state index is 14.6. The minimum absolute atomic E-state index is 0.0131. The molecule has 4 aromatic heterocycles. The van der Waals surface area contributed by atoms with Crippen LogP contribution in [0.3, 0.4) is 0 Å². The average molecular weight is 722 g/mol. The summed E-state index contributed by atoms with van der Waals surface area (Å²) in [6, 6.07) is 17.6. The molecule has 0 unspecified atom stereocenters. The molecule has 2 N–H and O–H groups in total. The maximum Gasteiger partial charge on any atom is 0.408 e. The van der Waals surface area contributed by atoms with Gasteiger partial charge >= 0.3 is 11.8 Å². The van der Waals surface area contributed by atoms with Crippen LogP contribution in [-0.2, 0) is 6.54 Å². The summed E-state index contributed by atoms with van der Waals surface area (Å²) in [4.78, 5) is 63.0. The number of nitrogens with zero attached hydrogens (tertiary/aromatic N) is 6. The molecule has 0 spiro atoms. The Hall–Kier alpha value is -6.18. The molecule has 272 valence electrons. The third kappa shape index (κ3) is 7.04. The van der Waals surface area contributed by atoms with Crippen LogP contribution in [0.4, 0.5) is 13.6 Å². The molecule has 53 heavy (non-hydrogen) atoms. The number of carbonyl (C=O) groups is 2. The van der Waals surface area contributed by atoms with Gasteiger partial charge in [-0.05, 0) is 99.5 Å². The Morgan fingerprint density at radius 3 is 2.36 bits per heavy atom. The first kappa shape index (κ1) is 35.2. The number of halogens is 2. The van der Waals surface area contributed by atoms with E-state index in [-0.39, 0.29) is 29.3 Å². The predicted octanol–water partition coefficient (Wildman–Crippen LogP) is 6.33. The monoisotopic (exact) mass is 721 g/mol. The summed E-state index contributed by atoms with van der Waals surface area (Å²) in [6.07, 6.45) is 4.32. The van der Waals surface area contributed by atoms with Crippen molar-refractivity contribution >= 4 is 28.7 Å². The third-order valence-corrected chi connectivity index (χ3v) is 9.68. The maximum atomic E-state index is 14.6. The van der Waals surface area contributed by atoms with Crippen LogP contribution in [0.2, 0.25) is 0 Å². The number of fused-ring (bicyclic) bond motifs is 2. The van der Waals surface area contributed by atoms with E-state index in [0.29, 0.717) is 37.0 Å². The number of carboxylic acid groups (broad SMARTS) is 1. The summed E-state index contributed by atoms with van der Waals surface area (Å²) >= 11 is 0. The summed E-state index contributed by atoms with van der Waals surface area (Å²) in [5.74, 6) is -1.59. The second-order valence-corrected chi connectivity index (χ2v) is 14.3. The number of pyridine rings is 2. The summed E-state index contributed by atoms with van der Waals surface area (Å²) in [5, 5.41) is 12.7. The highest BCUT2D eigenvalue weighted by Gasteiger charge is 2.29. The van der Waals surface area contributed by atoms with Gasteiger partial charge in [-0.15, -0.1) is 0 Å². The molecule has 0 atom stereocenters. The standard InChI is InChI=1S/C39H37F2N7O5/c1-39(2,3)46(38(52)53)20-23-6-4-7-24(16-23)25-8-5-9-30(17-25)47-34-31(18-27(41)19-42-34)36(50)48(37(47)51)29-13-11-28(12-14-29)43-35(49)32-22-45-21-26(40)10-15-33(45)44-32/h4-10,15-19,21-22,28-29H,11-14,20H2,1-3H3,(H,43,49)(H,52,53)/t28-,29+. The Labute approximate surface area is 302 Å². The van der Waals surface area contributed by atoms with Crippen molar-refractivity contribution < 1.29 is 23.5 Å². The van der Waals surface area contributed by atoms with Crippen LogP contribution in [0, 0.1) is 11.6 Å². The molecule has 6 aromatic rings. The number of amides is 2. The van der Waals surface area contributed by atoms with Crippen LogP contribution < -0.4 is 16.6 Å². The van der Waals surface area contributed by atoms with E-state index in [1.807, 2.05) is 51.1 Å². The smallest absolute Gasteiger partial charge is 0.408 e. The van der Waals surface area contributed by atoms with Crippen molar-refractivity contribution in [2.75, 3.05) is 0 Å². The van der Waals surface area contributed by atoms with Gasteiger partial charge in [0.1, 0.15) is 23.0 Å². The lowest BCUT2D eigenvalue weighted by atomic mass is 9.90. The number of nitrogens with one attached hydrogen (secondary N) is 1. The number of aromatic nitrogens is 5. The highest BCUT2D eigenvalue weighted by Crippen LogP contribution is 2.29. The van der Waals surface area contributed by atoms with Gasteiger partial charge in [-0.25, -0.2) is 32.9 Å². The van der Waals surface area contributed by atoms with E-state index in [4.69, 9.17) is 0 Å². The summed E-state index contributed by atoms with van der Waals surface area (Å²) in [7, 11) is 0. The van der Waals surface area contributed by atoms with Gasteiger partial charge in [0.05, 0.1) is 17.3 Å². The van der Waals surface area contributed by atoms with Gasteiger partial charge in [0.2, 0.25) is 0 Å². The topological polar surface area (TPSA) is 144 Å². The molecule has 0 saturated heterocycles. The molecule has 1 fully saturated rings. The zero-order valence-electron chi connectivity index (χ0n) is 29.3. The van der Waals surface area contributed by atoms with Gasteiger partial charge in [-0.2, -0.15) is 0 Å². The molecule has 4 heterocycles. The first-order chi connectivity index (χ1) is 25.3. The predicted molar refractivity (Wildman–Crippen MR) is 194 cm³/mol. The second-order valence-electron chi connectivity index (χ2n) is 14.3. The molecule has 0 radical (unpaired) electrons. The number of hydrogen-bond acceptors (Lipinski definition) is 6. The molecule has 14 heteroatoms. The Bertz CT molecular complexity index is 2510. The third-order valence-electron chi connectivity index (χ3n) is 9.68. The minimum Gasteiger partial charge on any atom is -0.465 e. The van der Waals surface area contributed by atoms with Gasteiger partial charge < -0.3 is 14.8 Å². The second kappa shape index (κ2) is 13.7. The van der Waals surface area contributed by atoms with Crippen LogP contribution in [0.25, 0.3) is 33.5 Å². The number of benzene rings is 2. The molecule has 12 nitrogen and oxygen atoms in total. The number of imidazole rings is 1. The van der Waals surface area contributed by atoms with Crippen molar-refractivity contribution in [2.45, 2.75) is 70.6 Å². The molecular formula is C39H37F2N7O5. The van der Waals surface area contributed by atoms with Gasteiger partial charge in [0.15, 0.2) is 5.65 Å². The van der Waals surface area contributed by atoms with Gasteiger partial charge in [0.25, 0.3) is 11.5 Å². The van der Waals surface area contributed by atoms with E-state index in [1.165, 1.54) is 43.0 Å². The zero-order valence-corrected chi connectivity index (χ0v) is 29.3. The molecule has 1 aliphatic rings. The molecule has 2 amide bonds. The van der Waals surface area contributed by atoms with Crippen LogP contribution in [-0.4, -0.2) is 57.1 Å². The van der Waals surface area contributed by atoms with Crippen LogP contribution in [0.15, 0.2) is 94.9 Å². The van der Waals surface area contributed by atoms with Crippen molar-refractivity contribution in [1.29, 1.82) is 0 Å². The minimum atomic E-state index is -1.03. The molecule has 1 aliphatic carbocycles. The van der Waals surface area contributed by atoms with Gasteiger partial charge in [-0.1, -0.05) is 30.3 Å². The van der Waals surface area contributed by atoms with Gasteiger partial charge in [-0.3, -0.25) is 19.1 Å². The number of hydrogen-bond donors (Lipinski definition) is 2. The van der Waals surface area contributed by atoms with E-state index >= 15 is 0 Å². The lowest BCUT2D eigenvalue weighted by Gasteiger charge is -2.33. The Balaban J connectivity index is 1.18. The highest BCUT2D eigenvalue weighted by molar-refractivity contribution is 5.93. The van der Waals surface area contributed by atoms with Crippen molar-refractivity contribution in [3.8, 4) is 16.8 Å².